The van der Waals surface area contributed by atoms with Crippen LogP contribution in [0.2, 0.25) is 0 Å². The van der Waals surface area contributed by atoms with Crippen LogP contribution in [-0.4, -0.2) is 12.3 Å². The molecule has 0 aliphatic rings. The average molecular weight is 306 g/mol. The minimum absolute atomic E-state index is 0.160. The van der Waals surface area contributed by atoms with E-state index in [-0.39, 0.29) is 28.2 Å². The quantitative estimate of drug-likeness (QED) is 0.850. The lowest BCUT2D eigenvalue weighted by atomic mass is 9.96. The second kappa shape index (κ2) is 6.21. The van der Waals surface area contributed by atoms with E-state index >= 15 is 0 Å². The standard InChI is InChI=1S/C12H14BrF2NO/c1-7(4-5-16)11(17)6-8-10(14)3-2-9(13)12(8)15/h2-3,7H,4-6,16H2,1H3. The van der Waals surface area contributed by atoms with Crippen LogP contribution in [0.3, 0.4) is 0 Å². The largest absolute Gasteiger partial charge is 0.330 e. The third-order valence-electron chi connectivity index (χ3n) is 2.64. The molecule has 0 saturated heterocycles. The predicted octanol–water partition coefficient (Wildman–Crippen LogP) is 2.82. The first-order valence-corrected chi connectivity index (χ1v) is 6.11. The number of hydrogen-bond donors (Lipinski definition) is 1. The summed E-state index contributed by atoms with van der Waals surface area (Å²) in [5, 5.41) is 0. The Morgan fingerprint density at radius 1 is 1.47 bits per heavy atom. The maximum Gasteiger partial charge on any atom is 0.143 e. The summed E-state index contributed by atoms with van der Waals surface area (Å²) in [6.07, 6.45) is 0.286. The number of carbonyl (C=O) groups is 1. The van der Waals surface area contributed by atoms with Crippen molar-refractivity contribution in [3.05, 3.63) is 33.8 Å². The molecular weight excluding hydrogens is 292 g/mol. The number of nitrogens with two attached hydrogens (primary N) is 1. The van der Waals surface area contributed by atoms with Crippen molar-refractivity contribution >= 4 is 21.7 Å². The number of halogens is 3. The number of ketones is 1. The highest BCUT2D eigenvalue weighted by Gasteiger charge is 2.19. The first-order valence-electron chi connectivity index (χ1n) is 5.32. The van der Waals surface area contributed by atoms with E-state index in [0.717, 1.165) is 6.07 Å². The summed E-state index contributed by atoms with van der Waals surface area (Å²) in [7, 11) is 0. The molecule has 0 amide bonds. The summed E-state index contributed by atoms with van der Waals surface area (Å²) in [4.78, 5) is 11.7. The molecule has 1 rings (SSSR count). The molecule has 0 aliphatic heterocycles. The van der Waals surface area contributed by atoms with Gasteiger partial charge in [-0.1, -0.05) is 6.92 Å². The van der Waals surface area contributed by atoms with Crippen LogP contribution in [0.15, 0.2) is 16.6 Å². The van der Waals surface area contributed by atoms with Crippen LogP contribution < -0.4 is 5.73 Å². The van der Waals surface area contributed by atoms with Gasteiger partial charge in [0.2, 0.25) is 0 Å². The van der Waals surface area contributed by atoms with Crippen molar-refractivity contribution in [2.24, 2.45) is 11.7 Å². The van der Waals surface area contributed by atoms with Gasteiger partial charge in [-0.05, 0) is 41.0 Å². The minimum Gasteiger partial charge on any atom is -0.330 e. The van der Waals surface area contributed by atoms with E-state index in [1.165, 1.54) is 6.07 Å². The number of carbonyl (C=O) groups excluding carboxylic acids is 1. The zero-order valence-electron chi connectivity index (χ0n) is 9.47. The van der Waals surface area contributed by atoms with Gasteiger partial charge in [-0.25, -0.2) is 8.78 Å². The highest BCUT2D eigenvalue weighted by atomic mass is 79.9. The van der Waals surface area contributed by atoms with Gasteiger partial charge in [0.1, 0.15) is 17.4 Å². The molecule has 0 heterocycles. The molecule has 0 fully saturated rings. The van der Waals surface area contributed by atoms with Gasteiger partial charge in [-0.2, -0.15) is 0 Å². The Morgan fingerprint density at radius 3 is 2.71 bits per heavy atom. The lowest BCUT2D eigenvalue weighted by molar-refractivity contribution is -0.121. The number of hydrogen-bond acceptors (Lipinski definition) is 2. The van der Waals surface area contributed by atoms with E-state index in [1.54, 1.807) is 6.92 Å². The Morgan fingerprint density at radius 2 is 2.12 bits per heavy atom. The Labute approximate surface area is 107 Å². The zero-order valence-corrected chi connectivity index (χ0v) is 11.1. The Kier molecular flexibility index (Phi) is 5.21. The van der Waals surface area contributed by atoms with Gasteiger partial charge in [0, 0.05) is 17.9 Å². The molecule has 0 aromatic heterocycles. The topological polar surface area (TPSA) is 43.1 Å². The monoisotopic (exact) mass is 305 g/mol. The fourth-order valence-electron chi connectivity index (χ4n) is 1.49. The molecule has 1 aromatic rings. The number of benzene rings is 1. The van der Waals surface area contributed by atoms with E-state index in [4.69, 9.17) is 5.73 Å². The minimum atomic E-state index is -0.710. The summed E-state index contributed by atoms with van der Waals surface area (Å²) in [5.74, 6) is -1.89. The molecule has 5 heteroatoms. The van der Waals surface area contributed by atoms with E-state index < -0.39 is 11.6 Å². The molecule has 2 nitrogen and oxygen atoms in total. The third kappa shape index (κ3) is 3.57. The van der Waals surface area contributed by atoms with Crippen LogP contribution in [0.1, 0.15) is 18.9 Å². The van der Waals surface area contributed by atoms with E-state index in [9.17, 15) is 13.6 Å². The van der Waals surface area contributed by atoms with Gasteiger partial charge in [0.05, 0.1) is 4.47 Å². The van der Waals surface area contributed by atoms with Crippen molar-refractivity contribution in [2.75, 3.05) is 6.54 Å². The molecule has 0 aliphatic carbocycles. The van der Waals surface area contributed by atoms with Crippen molar-refractivity contribution < 1.29 is 13.6 Å². The molecule has 1 unspecified atom stereocenters. The molecule has 0 saturated carbocycles. The van der Waals surface area contributed by atoms with Gasteiger partial charge in [0.15, 0.2) is 0 Å². The van der Waals surface area contributed by atoms with Crippen molar-refractivity contribution in [1.29, 1.82) is 0 Å². The SMILES string of the molecule is CC(CCN)C(=O)Cc1c(F)ccc(Br)c1F. The number of rotatable bonds is 5. The van der Waals surface area contributed by atoms with Crippen LogP contribution in [-0.2, 0) is 11.2 Å². The molecule has 1 aromatic carbocycles. The van der Waals surface area contributed by atoms with Gasteiger partial charge >= 0.3 is 0 Å². The molecular formula is C12H14BrF2NO. The molecule has 0 spiro atoms. The third-order valence-corrected chi connectivity index (χ3v) is 3.25. The fraction of sp³-hybridized carbons (Fsp3) is 0.417. The summed E-state index contributed by atoms with van der Waals surface area (Å²) in [6.45, 7) is 2.10. The lowest BCUT2D eigenvalue weighted by Gasteiger charge is -2.10. The van der Waals surface area contributed by atoms with Crippen molar-refractivity contribution in [3.8, 4) is 0 Å². The fourth-order valence-corrected chi connectivity index (χ4v) is 1.86. The second-order valence-electron chi connectivity index (χ2n) is 3.94. The molecule has 0 bridgehead atoms. The Bertz CT molecular complexity index is 423. The summed E-state index contributed by atoms with van der Waals surface area (Å²) >= 11 is 2.96. The normalized spacial score (nSPS) is 12.5. The lowest BCUT2D eigenvalue weighted by Crippen LogP contribution is -2.18. The molecule has 1 atom stereocenters. The number of Topliss-reactive ketones (excluding diaryl/α,β-unsaturated/α-hetero) is 1. The van der Waals surface area contributed by atoms with Crippen LogP contribution >= 0.6 is 15.9 Å². The van der Waals surface area contributed by atoms with Crippen LogP contribution in [0.25, 0.3) is 0 Å². The highest BCUT2D eigenvalue weighted by molar-refractivity contribution is 9.10. The highest BCUT2D eigenvalue weighted by Crippen LogP contribution is 2.23. The molecule has 2 N–H and O–H groups in total. The Balaban J connectivity index is 2.88. The van der Waals surface area contributed by atoms with Gasteiger partial charge < -0.3 is 5.73 Å². The summed E-state index contributed by atoms with van der Waals surface area (Å²) < 4.78 is 27.2. The van der Waals surface area contributed by atoms with Gasteiger partial charge in [-0.15, -0.1) is 0 Å². The van der Waals surface area contributed by atoms with Crippen LogP contribution in [0.5, 0.6) is 0 Å². The maximum atomic E-state index is 13.6. The maximum absolute atomic E-state index is 13.6. The van der Waals surface area contributed by atoms with E-state index in [2.05, 4.69) is 15.9 Å². The average Bonchev–Trinajstić information content (AvgIpc) is 2.29. The first kappa shape index (κ1) is 14.3. The first-order chi connectivity index (χ1) is 7.97. The van der Waals surface area contributed by atoms with Crippen molar-refractivity contribution in [3.63, 3.8) is 0 Å². The molecule has 94 valence electrons. The van der Waals surface area contributed by atoms with Gasteiger partial charge in [0.25, 0.3) is 0 Å². The molecule has 0 radical (unpaired) electrons. The van der Waals surface area contributed by atoms with E-state index in [1.807, 2.05) is 0 Å². The van der Waals surface area contributed by atoms with Crippen molar-refractivity contribution in [2.45, 2.75) is 19.8 Å². The zero-order chi connectivity index (χ0) is 13.0. The Hall–Kier alpha value is -0.810. The molecule has 17 heavy (non-hydrogen) atoms. The van der Waals surface area contributed by atoms with Crippen molar-refractivity contribution in [1.82, 2.24) is 0 Å². The second-order valence-corrected chi connectivity index (χ2v) is 4.80. The summed E-state index contributed by atoms with van der Waals surface area (Å²) in [6, 6.07) is 2.42. The summed E-state index contributed by atoms with van der Waals surface area (Å²) in [5.41, 5.74) is 5.15. The predicted molar refractivity (Wildman–Crippen MR) is 65.6 cm³/mol. The van der Waals surface area contributed by atoms with Crippen LogP contribution in [0, 0.1) is 17.6 Å². The van der Waals surface area contributed by atoms with Gasteiger partial charge in [-0.3, -0.25) is 4.79 Å². The smallest absolute Gasteiger partial charge is 0.143 e. The van der Waals surface area contributed by atoms with E-state index in [0.29, 0.717) is 13.0 Å². The van der Waals surface area contributed by atoms with Crippen LogP contribution in [0.4, 0.5) is 8.78 Å².